The maximum absolute atomic E-state index is 12.9. The number of methoxy groups -OCH3 is 1. The number of benzene rings is 1. The molecule has 0 saturated heterocycles. The summed E-state index contributed by atoms with van der Waals surface area (Å²) < 4.78 is 10.7. The average Bonchev–Trinajstić information content (AvgIpc) is 3.03. The molecule has 1 atom stereocenters. The monoisotopic (exact) mass is 398 g/mol. The van der Waals surface area contributed by atoms with E-state index in [1.165, 1.54) is 18.1 Å². The normalized spacial score (nSPS) is 20.2. The van der Waals surface area contributed by atoms with Gasteiger partial charge < -0.3 is 14.8 Å². The van der Waals surface area contributed by atoms with Crippen molar-refractivity contribution in [2.75, 3.05) is 25.6 Å². The summed E-state index contributed by atoms with van der Waals surface area (Å²) in [6.07, 6.45) is 4.91. The predicted molar refractivity (Wildman–Crippen MR) is 110 cm³/mol. The van der Waals surface area contributed by atoms with Crippen molar-refractivity contribution in [3.8, 4) is 0 Å². The minimum Gasteiger partial charge on any atom is -0.468 e. The topological polar surface area (TPSA) is 84.9 Å². The second-order valence-corrected chi connectivity index (χ2v) is 8.15. The second-order valence-electron chi connectivity index (χ2n) is 8.15. The highest BCUT2D eigenvalue weighted by Crippen LogP contribution is 2.51. The van der Waals surface area contributed by atoms with Crippen molar-refractivity contribution >= 4 is 29.2 Å². The van der Waals surface area contributed by atoms with Gasteiger partial charge in [0, 0.05) is 25.2 Å². The predicted octanol–water partition coefficient (Wildman–Crippen LogP) is 2.94. The second kappa shape index (κ2) is 7.39. The lowest BCUT2D eigenvalue weighted by Gasteiger charge is -2.31. The average molecular weight is 398 g/mol. The number of nitrogens with one attached hydrogen (secondary N) is 1. The summed E-state index contributed by atoms with van der Waals surface area (Å²) in [6, 6.07) is 5.51. The molecule has 0 spiro atoms. The Bertz CT molecular complexity index is 926. The van der Waals surface area contributed by atoms with Crippen molar-refractivity contribution in [1.29, 1.82) is 0 Å². The molecule has 7 nitrogen and oxygen atoms in total. The molecule has 0 aromatic heterocycles. The molecule has 0 saturated carbocycles. The van der Waals surface area contributed by atoms with Gasteiger partial charge in [0.25, 0.3) is 0 Å². The smallest absolute Gasteiger partial charge is 0.414 e. The first-order chi connectivity index (χ1) is 13.6. The molecule has 3 rings (SSSR count). The summed E-state index contributed by atoms with van der Waals surface area (Å²) in [6.45, 7) is 5.54. The fraction of sp³-hybridized carbons (Fsp3) is 0.409. The maximum atomic E-state index is 12.9. The Balaban J connectivity index is 2.11. The molecule has 154 valence electrons. The maximum Gasteiger partial charge on any atom is 0.414 e. The number of rotatable bonds is 3. The van der Waals surface area contributed by atoms with Crippen molar-refractivity contribution in [2.45, 2.75) is 38.2 Å². The standard InChI is InChI=1S/C22H26N2O5/c1-21(2,3)29-20(27)24-13-22(19(26)28-5)12-11-14(9-10-17(25)23-4)15-7-6-8-16(24)18(15)22/h6-11H,12-13H2,1-5H3,(H,23,25)/b10-9-. The summed E-state index contributed by atoms with van der Waals surface area (Å²) in [5.74, 6) is -0.624. The Labute approximate surface area is 170 Å². The Kier molecular flexibility index (Phi) is 5.26. The van der Waals surface area contributed by atoms with E-state index in [1.807, 2.05) is 18.2 Å². The van der Waals surface area contributed by atoms with Gasteiger partial charge in [-0.1, -0.05) is 18.2 Å². The first kappa shape index (κ1) is 20.6. The molecular weight excluding hydrogens is 372 g/mol. The van der Waals surface area contributed by atoms with E-state index in [0.29, 0.717) is 12.1 Å². The van der Waals surface area contributed by atoms with Gasteiger partial charge in [-0.3, -0.25) is 14.5 Å². The molecule has 1 aromatic carbocycles. The van der Waals surface area contributed by atoms with Crippen LogP contribution in [0, 0.1) is 0 Å². The molecule has 29 heavy (non-hydrogen) atoms. The number of nitrogens with zero attached hydrogens (tertiary/aromatic N) is 1. The molecule has 0 fully saturated rings. The highest BCUT2D eigenvalue weighted by Gasteiger charge is 2.54. The molecule has 1 heterocycles. The van der Waals surface area contributed by atoms with Crippen LogP contribution < -0.4 is 10.2 Å². The zero-order valence-electron chi connectivity index (χ0n) is 17.4. The van der Waals surface area contributed by atoms with Crippen molar-refractivity contribution in [3.63, 3.8) is 0 Å². The molecule has 0 bridgehead atoms. The summed E-state index contributed by atoms with van der Waals surface area (Å²) in [5.41, 5.74) is 1.31. The van der Waals surface area contributed by atoms with Gasteiger partial charge in [0.15, 0.2) is 0 Å². The zero-order valence-corrected chi connectivity index (χ0v) is 17.4. The Morgan fingerprint density at radius 3 is 2.59 bits per heavy atom. The summed E-state index contributed by atoms with van der Waals surface area (Å²) in [5, 5.41) is 2.54. The van der Waals surface area contributed by atoms with Crippen LogP contribution in [0.15, 0.2) is 36.4 Å². The lowest BCUT2D eigenvalue weighted by atomic mass is 9.72. The van der Waals surface area contributed by atoms with E-state index in [0.717, 1.165) is 16.7 Å². The summed E-state index contributed by atoms with van der Waals surface area (Å²) >= 11 is 0. The molecule has 1 aliphatic heterocycles. The first-order valence-electron chi connectivity index (χ1n) is 9.46. The summed E-state index contributed by atoms with van der Waals surface area (Å²) in [7, 11) is 2.91. The molecule has 2 amide bonds. The van der Waals surface area contributed by atoms with Crippen molar-refractivity contribution in [1.82, 2.24) is 5.32 Å². The van der Waals surface area contributed by atoms with Gasteiger partial charge in [-0.25, -0.2) is 4.79 Å². The lowest BCUT2D eigenvalue weighted by Crippen LogP contribution is -2.45. The van der Waals surface area contributed by atoms with E-state index in [2.05, 4.69) is 5.32 Å². The number of hydrogen-bond acceptors (Lipinski definition) is 5. The Morgan fingerprint density at radius 1 is 1.24 bits per heavy atom. The number of esters is 1. The van der Waals surface area contributed by atoms with E-state index in [9.17, 15) is 14.4 Å². The molecule has 1 N–H and O–H groups in total. The largest absolute Gasteiger partial charge is 0.468 e. The van der Waals surface area contributed by atoms with Crippen LogP contribution in [0.25, 0.3) is 5.57 Å². The van der Waals surface area contributed by atoms with E-state index in [-0.39, 0.29) is 12.5 Å². The van der Waals surface area contributed by atoms with E-state index >= 15 is 0 Å². The van der Waals surface area contributed by atoms with Gasteiger partial charge in [0.2, 0.25) is 5.91 Å². The van der Waals surface area contributed by atoms with Gasteiger partial charge in [-0.2, -0.15) is 0 Å². The minimum absolute atomic E-state index is 0.143. The number of anilines is 1. The Hall–Kier alpha value is -3.09. The van der Waals surface area contributed by atoms with E-state index in [1.54, 1.807) is 40.0 Å². The number of amides is 2. The van der Waals surface area contributed by atoms with Crippen LogP contribution in [-0.2, 0) is 24.5 Å². The number of carbonyl (C=O) groups is 3. The fourth-order valence-electron chi connectivity index (χ4n) is 3.84. The van der Waals surface area contributed by atoms with Crippen LogP contribution in [0.2, 0.25) is 0 Å². The van der Waals surface area contributed by atoms with Crippen LogP contribution >= 0.6 is 0 Å². The van der Waals surface area contributed by atoms with Crippen LogP contribution in [-0.4, -0.2) is 44.3 Å². The van der Waals surface area contributed by atoms with E-state index < -0.39 is 23.1 Å². The third kappa shape index (κ3) is 3.64. The van der Waals surface area contributed by atoms with E-state index in [4.69, 9.17) is 9.47 Å². The SMILES string of the molecule is CNC(=O)/C=C\C1=CCC2(C(=O)OC)CN(C(=O)OC(C)(C)C)c3cccc1c32. The van der Waals surface area contributed by atoms with Gasteiger partial charge in [0.05, 0.1) is 12.8 Å². The highest BCUT2D eigenvalue weighted by molar-refractivity contribution is 6.03. The number of likely N-dealkylation sites (N-methyl/N-ethyl adjacent to an activating group) is 1. The number of ether oxygens (including phenoxy) is 2. The van der Waals surface area contributed by atoms with Crippen LogP contribution in [0.4, 0.5) is 10.5 Å². The van der Waals surface area contributed by atoms with Gasteiger partial charge in [-0.15, -0.1) is 0 Å². The first-order valence-corrected chi connectivity index (χ1v) is 9.46. The quantitative estimate of drug-likeness (QED) is 0.625. The lowest BCUT2D eigenvalue weighted by molar-refractivity contribution is -0.146. The number of allylic oxidation sites excluding steroid dienone is 3. The molecule has 7 heteroatoms. The van der Waals surface area contributed by atoms with Crippen LogP contribution in [0.5, 0.6) is 0 Å². The van der Waals surface area contributed by atoms with Gasteiger partial charge in [0.1, 0.15) is 11.0 Å². The fourth-order valence-corrected chi connectivity index (χ4v) is 3.84. The molecule has 1 aromatic rings. The van der Waals surface area contributed by atoms with Gasteiger partial charge in [-0.05, 0) is 50.5 Å². The number of carbonyl (C=O) groups excluding carboxylic acids is 3. The minimum atomic E-state index is -0.998. The molecular formula is C22H26N2O5. The van der Waals surface area contributed by atoms with Crippen molar-refractivity contribution in [2.24, 2.45) is 0 Å². The molecule has 0 radical (unpaired) electrons. The summed E-state index contributed by atoms with van der Waals surface area (Å²) in [4.78, 5) is 38.9. The zero-order chi connectivity index (χ0) is 21.4. The highest BCUT2D eigenvalue weighted by atomic mass is 16.6. The third-order valence-corrected chi connectivity index (χ3v) is 5.07. The Morgan fingerprint density at radius 2 is 1.97 bits per heavy atom. The van der Waals surface area contributed by atoms with Gasteiger partial charge >= 0.3 is 12.1 Å². The molecule has 1 aliphatic carbocycles. The molecule has 1 unspecified atom stereocenters. The van der Waals surface area contributed by atoms with Crippen LogP contribution in [0.1, 0.15) is 38.3 Å². The number of hydrogen-bond donors (Lipinski definition) is 1. The molecule has 2 aliphatic rings. The van der Waals surface area contributed by atoms with Crippen molar-refractivity contribution in [3.05, 3.63) is 47.6 Å². The third-order valence-electron chi connectivity index (χ3n) is 5.07. The van der Waals surface area contributed by atoms with Crippen LogP contribution in [0.3, 0.4) is 0 Å². The van der Waals surface area contributed by atoms with Crippen molar-refractivity contribution < 1.29 is 23.9 Å².